The molecule has 3 rings (SSSR count). The van der Waals surface area contributed by atoms with Crippen LogP contribution in [0.25, 0.3) is 0 Å². The number of carbonyl (C=O) groups is 2. The van der Waals surface area contributed by atoms with Crippen LogP contribution in [0.4, 0.5) is 0 Å². The summed E-state index contributed by atoms with van der Waals surface area (Å²) in [4.78, 5) is 25.8. The van der Waals surface area contributed by atoms with Gasteiger partial charge in [0, 0.05) is 44.4 Å². The van der Waals surface area contributed by atoms with E-state index in [9.17, 15) is 9.59 Å². The molecular formula is C26H34N2O5. The van der Waals surface area contributed by atoms with Crippen LogP contribution in [0.2, 0.25) is 0 Å². The summed E-state index contributed by atoms with van der Waals surface area (Å²) in [5.41, 5.74) is 2.33. The first-order chi connectivity index (χ1) is 16.0. The zero-order chi connectivity index (χ0) is 23.8. The van der Waals surface area contributed by atoms with Crippen LogP contribution in [0.15, 0.2) is 42.5 Å². The van der Waals surface area contributed by atoms with Crippen LogP contribution < -0.4 is 15.4 Å². The minimum atomic E-state index is -0.426. The van der Waals surface area contributed by atoms with Crippen LogP contribution >= 0.6 is 0 Å². The van der Waals surface area contributed by atoms with Gasteiger partial charge < -0.3 is 24.8 Å². The van der Waals surface area contributed by atoms with Crippen molar-refractivity contribution >= 4 is 11.8 Å². The highest BCUT2D eigenvalue weighted by Crippen LogP contribution is 2.47. The lowest BCUT2D eigenvalue weighted by Crippen LogP contribution is -2.31. The van der Waals surface area contributed by atoms with Crippen molar-refractivity contribution in [3.8, 4) is 5.75 Å². The number of rotatable bonds is 11. The maximum absolute atomic E-state index is 13.1. The predicted molar refractivity (Wildman–Crippen MR) is 127 cm³/mol. The Balaban J connectivity index is 1.93. The van der Waals surface area contributed by atoms with E-state index in [0.29, 0.717) is 49.7 Å². The molecule has 0 saturated heterocycles. The van der Waals surface area contributed by atoms with Crippen LogP contribution in [0, 0.1) is 0 Å². The summed E-state index contributed by atoms with van der Waals surface area (Å²) in [5.74, 6) is 0.0117. The Kier molecular flexibility index (Phi) is 8.47. The molecular weight excluding hydrogens is 420 g/mol. The number of nitrogens with one attached hydrogen (secondary N) is 2. The van der Waals surface area contributed by atoms with Gasteiger partial charge in [-0.3, -0.25) is 9.59 Å². The number of hydrogen-bond donors (Lipinski definition) is 2. The van der Waals surface area contributed by atoms with E-state index in [1.807, 2.05) is 38.1 Å². The van der Waals surface area contributed by atoms with Crippen molar-refractivity contribution < 1.29 is 23.8 Å². The van der Waals surface area contributed by atoms with Gasteiger partial charge in [-0.1, -0.05) is 37.3 Å². The molecule has 0 fully saturated rings. The van der Waals surface area contributed by atoms with Gasteiger partial charge in [0.2, 0.25) is 0 Å². The van der Waals surface area contributed by atoms with Crippen LogP contribution in [0.5, 0.6) is 5.75 Å². The van der Waals surface area contributed by atoms with Gasteiger partial charge in [-0.05, 0) is 38.0 Å². The van der Waals surface area contributed by atoms with E-state index in [2.05, 4.69) is 29.7 Å². The minimum absolute atomic E-state index is 0.250. The SMILES string of the molecule is CCOC(CCNC(=O)c1cc(C(=O)NC)c2c(c1)[C@](CC)(c1ccccc1)CO2)OCC. The first-order valence-corrected chi connectivity index (χ1v) is 11.6. The molecule has 1 aliphatic rings. The highest BCUT2D eigenvalue weighted by atomic mass is 16.7. The lowest BCUT2D eigenvalue weighted by atomic mass is 9.73. The Bertz CT molecular complexity index is 957. The maximum Gasteiger partial charge on any atom is 0.254 e. The van der Waals surface area contributed by atoms with Crippen molar-refractivity contribution in [2.75, 3.05) is 33.4 Å². The van der Waals surface area contributed by atoms with Gasteiger partial charge in [-0.15, -0.1) is 0 Å². The first-order valence-electron chi connectivity index (χ1n) is 11.6. The summed E-state index contributed by atoms with van der Waals surface area (Å²) in [7, 11) is 1.57. The van der Waals surface area contributed by atoms with Crippen molar-refractivity contribution in [1.82, 2.24) is 10.6 Å². The average Bonchev–Trinajstić information content (AvgIpc) is 3.23. The summed E-state index contributed by atoms with van der Waals surface area (Å²) < 4.78 is 17.2. The third kappa shape index (κ3) is 5.20. The highest BCUT2D eigenvalue weighted by Gasteiger charge is 2.43. The molecule has 1 aliphatic heterocycles. The number of hydrogen-bond acceptors (Lipinski definition) is 5. The monoisotopic (exact) mass is 454 g/mol. The summed E-state index contributed by atoms with van der Waals surface area (Å²) >= 11 is 0. The van der Waals surface area contributed by atoms with E-state index in [0.717, 1.165) is 17.5 Å². The van der Waals surface area contributed by atoms with Crippen LogP contribution in [-0.4, -0.2) is 51.5 Å². The van der Waals surface area contributed by atoms with Crippen molar-refractivity contribution in [3.63, 3.8) is 0 Å². The van der Waals surface area contributed by atoms with Crippen LogP contribution in [0.1, 0.15) is 65.5 Å². The Morgan fingerprint density at radius 2 is 1.76 bits per heavy atom. The molecule has 2 aromatic carbocycles. The second-order valence-electron chi connectivity index (χ2n) is 7.95. The van der Waals surface area contributed by atoms with Crippen LogP contribution in [0.3, 0.4) is 0 Å². The Labute approximate surface area is 195 Å². The molecule has 2 amide bonds. The van der Waals surface area contributed by atoms with E-state index in [1.165, 1.54) is 0 Å². The second kappa shape index (κ2) is 11.3. The largest absolute Gasteiger partial charge is 0.491 e. The average molecular weight is 455 g/mol. The van der Waals surface area contributed by atoms with E-state index in [-0.39, 0.29) is 18.1 Å². The third-order valence-corrected chi connectivity index (χ3v) is 6.10. The molecule has 178 valence electrons. The molecule has 7 heteroatoms. The molecule has 0 spiro atoms. The number of benzene rings is 2. The molecule has 2 N–H and O–H groups in total. The van der Waals surface area contributed by atoms with Crippen LogP contribution in [-0.2, 0) is 14.9 Å². The van der Waals surface area contributed by atoms with Crippen molar-refractivity contribution in [2.45, 2.75) is 45.3 Å². The number of ether oxygens (including phenoxy) is 3. The standard InChI is InChI=1S/C26H34N2O5/c1-5-26(19-11-9-8-10-12-19)17-33-23-20(25(30)27-4)15-18(16-21(23)26)24(29)28-14-13-22(31-6-2)32-7-3/h8-12,15-16,22H,5-7,13-14,17H2,1-4H3,(H,27,30)(H,28,29)/t26-/m0/s1. The Morgan fingerprint density at radius 3 is 2.36 bits per heavy atom. The number of amides is 2. The smallest absolute Gasteiger partial charge is 0.254 e. The van der Waals surface area contributed by atoms with Gasteiger partial charge in [-0.25, -0.2) is 0 Å². The molecule has 0 aliphatic carbocycles. The van der Waals surface area contributed by atoms with Gasteiger partial charge in [0.25, 0.3) is 11.8 Å². The predicted octanol–water partition coefficient (Wildman–Crippen LogP) is 3.65. The summed E-state index contributed by atoms with van der Waals surface area (Å²) in [6, 6.07) is 13.6. The normalized spacial score (nSPS) is 16.9. The fourth-order valence-corrected chi connectivity index (χ4v) is 4.33. The van der Waals surface area contributed by atoms with E-state index >= 15 is 0 Å². The number of carbonyl (C=O) groups excluding carboxylic acids is 2. The van der Waals surface area contributed by atoms with E-state index in [1.54, 1.807) is 13.1 Å². The molecule has 0 unspecified atom stereocenters. The van der Waals surface area contributed by atoms with Crippen molar-refractivity contribution in [1.29, 1.82) is 0 Å². The highest BCUT2D eigenvalue weighted by molar-refractivity contribution is 6.02. The third-order valence-electron chi connectivity index (χ3n) is 6.10. The lowest BCUT2D eigenvalue weighted by Gasteiger charge is -2.27. The molecule has 33 heavy (non-hydrogen) atoms. The first kappa shape index (κ1) is 24.7. The van der Waals surface area contributed by atoms with Gasteiger partial charge in [0.05, 0.1) is 11.0 Å². The second-order valence-corrected chi connectivity index (χ2v) is 7.95. The topological polar surface area (TPSA) is 85.9 Å². The summed E-state index contributed by atoms with van der Waals surface area (Å²) in [5, 5.41) is 5.60. The maximum atomic E-state index is 13.1. The van der Waals surface area contributed by atoms with Gasteiger partial charge >= 0.3 is 0 Å². The van der Waals surface area contributed by atoms with Crippen molar-refractivity contribution in [2.24, 2.45) is 0 Å². The molecule has 0 aromatic heterocycles. The molecule has 0 saturated carbocycles. The number of fused-ring (bicyclic) bond motifs is 1. The molecule has 0 bridgehead atoms. The fourth-order valence-electron chi connectivity index (χ4n) is 4.33. The molecule has 2 aromatic rings. The van der Waals surface area contributed by atoms with Gasteiger partial charge in [0.1, 0.15) is 12.4 Å². The van der Waals surface area contributed by atoms with E-state index < -0.39 is 5.41 Å². The van der Waals surface area contributed by atoms with Gasteiger partial charge in [0.15, 0.2) is 6.29 Å². The quantitative estimate of drug-likeness (QED) is 0.506. The molecule has 0 radical (unpaired) electrons. The summed E-state index contributed by atoms with van der Waals surface area (Å²) in [6.07, 6.45) is 0.945. The van der Waals surface area contributed by atoms with Crippen molar-refractivity contribution in [3.05, 3.63) is 64.7 Å². The molecule has 1 atom stereocenters. The Morgan fingerprint density at radius 1 is 1.06 bits per heavy atom. The lowest BCUT2D eigenvalue weighted by molar-refractivity contribution is -0.138. The zero-order valence-corrected chi connectivity index (χ0v) is 19.9. The summed E-state index contributed by atoms with van der Waals surface area (Å²) in [6.45, 7) is 7.80. The Hall–Kier alpha value is -2.90. The fraction of sp³-hybridized carbons (Fsp3) is 0.462. The molecule has 1 heterocycles. The molecule has 7 nitrogen and oxygen atoms in total. The van der Waals surface area contributed by atoms with E-state index in [4.69, 9.17) is 14.2 Å². The zero-order valence-electron chi connectivity index (χ0n) is 19.9. The minimum Gasteiger partial charge on any atom is -0.491 e. The van der Waals surface area contributed by atoms with Gasteiger partial charge in [-0.2, -0.15) is 0 Å².